The normalized spacial score (nSPS) is 36.8. The van der Waals surface area contributed by atoms with E-state index in [4.69, 9.17) is 0 Å². The van der Waals surface area contributed by atoms with Gasteiger partial charge in [-0.25, -0.2) is 8.42 Å². The molecule has 1 fully saturated rings. The standard InChI is InChI=1S/C10H15NO2S/c1-8-4-3-5-10-9(8)6-7-14(12,13)11(10)2/h6-7,9-10H,1,3-5H2,2H3. The van der Waals surface area contributed by atoms with Crippen molar-refractivity contribution in [3.05, 3.63) is 23.6 Å². The van der Waals surface area contributed by atoms with Gasteiger partial charge in [-0.15, -0.1) is 0 Å². The third kappa shape index (κ3) is 1.42. The van der Waals surface area contributed by atoms with E-state index < -0.39 is 10.0 Å². The van der Waals surface area contributed by atoms with Crippen LogP contribution in [0.25, 0.3) is 0 Å². The highest BCUT2D eigenvalue weighted by Crippen LogP contribution is 2.36. The first kappa shape index (κ1) is 9.93. The lowest BCUT2D eigenvalue weighted by Crippen LogP contribution is -2.45. The van der Waals surface area contributed by atoms with Gasteiger partial charge in [0, 0.05) is 24.4 Å². The molecule has 3 nitrogen and oxygen atoms in total. The van der Waals surface area contributed by atoms with Crippen LogP contribution >= 0.6 is 0 Å². The highest BCUT2D eigenvalue weighted by molar-refractivity contribution is 7.92. The van der Waals surface area contributed by atoms with Gasteiger partial charge < -0.3 is 0 Å². The molecule has 1 aliphatic carbocycles. The SMILES string of the molecule is C=C1CCCC2C1C=CS(=O)(=O)N2C. The van der Waals surface area contributed by atoms with E-state index in [9.17, 15) is 8.42 Å². The third-order valence-electron chi connectivity index (χ3n) is 3.21. The van der Waals surface area contributed by atoms with Crippen LogP contribution in [-0.2, 0) is 10.0 Å². The predicted octanol–water partition coefficient (Wildman–Crippen LogP) is 1.50. The van der Waals surface area contributed by atoms with Crippen LogP contribution in [-0.4, -0.2) is 25.8 Å². The summed E-state index contributed by atoms with van der Waals surface area (Å²) in [7, 11) is -1.48. The van der Waals surface area contributed by atoms with Gasteiger partial charge in [-0.05, 0) is 19.3 Å². The Morgan fingerprint density at radius 1 is 1.57 bits per heavy atom. The Morgan fingerprint density at radius 2 is 2.29 bits per heavy atom. The molecule has 0 amide bonds. The molecule has 1 aliphatic heterocycles. The van der Waals surface area contributed by atoms with Crippen LogP contribution in [0.5, 0.6) is 0 Å². The van der Waals surface area contributed by atoms with E-state index in [0.29, 0.717) is 0 Å². The molecule has 4 heteroatoms. The predicted molar refractivity (Wildman–Crippen MR) is 56.1 cm³/mol. The number of fused-ring (bicyclic) bond motifs is 1. The fourth-order valence-electron chi connectivity index (χ4n) is 2.30. The van der Waals surface area contributed by atoms with Crippen LogP contribution in [0.3, 0.4) is 0 Å². The van der Waals surface area contributed by atoms with Crippen molar-refractivity contribution in [1.29, 1.82) is 0 Å². The quantitative estimate of drug-likeness (QED) is 0.572. The maximum absolute atomic E-state index is 11.6. The minimum Gasteiger partial charge on any atom is -0.208 e. The number of nitrogens with zero attached hydrogens (tertiary/aromatic N) is 1. The number of rotatable bonds is 0. The van der Waals surface area contributed by atoms with Crippen LogP contribution in [0.1, 0.15) is 19.3 Å². The van der Waals surface area contributed by atoms with Crippen LogP contribution in [0, 0.1) is 5.92 Å². The topological polar surface area (TPSA) is 37.4 Å². The van der Waals surface area contributed by atoms with E-state index >= 15 is 0 Å². The van der Waals surface area contributed by atoms with Gasteiger partial charge in [0.1, 0.15) is 0 Å². The monoisotopic (exact) mass is 213 g/mol. The minimum absolute atomic E-state index is 0.103. The van der Waals surface area contributed by atoms with E-state index in [2.05, 4.69) is 6.58 Å². The Labute approximate surface area is 85.2 Å². The largest absolute Gasteiger partial charge is 0.235 e. The van der Waals surface area contributed by atoms with E-state index in [0.717, 1.165) is 19.3 Å². The molecule has 0 aromatic carbocycles. The maximum atomic E-state index is 11.6. The third-order valence-corrected chi connectivity index (χ3v) is 4.78. The van der Waals surface area contributed by atoms with E-state index in [-0.39, 0.29) is 12.0 Å². The Kier molecular flexibility index (Phi) is 2.27. The van der Waals surface area contributed by atoms with Gasteiger partial charge in [-0.1, -0.05) is 18.2 Å². The van der Waals surface area contributed by atoms with E-state index in [1.165, 1.54) is 15.3 Å². The van der Waals surface area contributed by atoms with Gasteiger partial charge >= 0.3 is 0 Å². The van der Waals surface area contributed by atoms with Gasteiger partial charge in [0.25, 0.3) is 0 Å². The highest BCUT2D eigenvalue weighted by Gasteiger charge is 2.37. The average molecular weight is 213 g/mol. The molecule has 0 N–H and O–H groups in total. The molecule has 0 saturated heterocycles. The summed E-state index contributed by atoms with van der Waals surface area (Å²) < 4.78 is 24.6. The Bertz CT molecular complexity index is 383. The summed E-state index contributed by atoms with van der Waals surface area (Å²) in [6.45, 7) is 4.01. The van der Waals surface area contributed by atoms with Gasteiger partial charge in [0.05, 0.1) is 0 Å². The maximum Gasteiger partial charge on any atom is 0.235 e. The molecule has 0 aromatic heterocycles. The van der Waals surface area contributed by atoms with Crippen molar-refractivity contribution in [3.8, 4) is 0 Å². The summed E-state index contributed by atoms with van der Waals surface area (Å²) >= 11 is 0. The highest BCUT2D eigenvalue weighted by atomic mass is 32.2. The van der Waals surface area contributed by atoms with Crippen molar-refractivity contribution in [3.63, 3.8) is 0 Å². The van der Waals surface area contributed by atoms with Crippen molar-refractivity contribution >= 4 is 10.0 Å². The van der Waals surface area contributed by atoms with Crippen LogP contribution in [0.2, 0.25) is 0 Å². The summed E-state index contributed by atoms with van der Waals surface area (Å²) in [4.78, 5) is 0. The summed E-state index contributed by atoms with van der Waals surface area (Å²) in [6, 6.07) is 0.103. The Balaban J connectivity index is 2.39. The first-order valence-corrected chi connectivity index (χ1v) is 6.36. The number of hydrogen-bond donors (Lipinski definition) is 0. The first-order chi connectivity index (χ1) is 6.52. The molecule has 0 aromatic rings. The molecule has 2 unspecified atom stereocenters. The van der Waals surface area contributed by atoms with E-state index in [1.807, 2.05) is 0 Å². The fourth-order valence-corrected chi connectivity index (χ4v) is 3.47. The second kappa shape index (κ2) is 3.21. The van der Waals surface area contributed by atoms with Crippen LogP contribution < -0.4 is 0 Å². The zero-order valence-electron chi connectivity index (χ0n) is 8.31. The van der Waals surface area contributed by atoms with Gasteiger partial charge in [-0.3, -0.25) is 0 Å². The van der Waals surface area contributed by atoms with Gasteiger partial charge in [0.15, 0.2) is 0 Å². The van der Waals surface area contributed by atoms with Crippen LogP contribution in [0.4, 0.5) is 0 Å². The van der Waals surface area contributed by atoms with Crippen molar-refractivity contribution in [2.75, 3.05) is 7.05 Å². The lowest BCUT2D eigenvalue weighted by Gasteiger charge is -2.39. The smallest absolute Gasteiger partial charge is 0.208 e. The summed E-state index contributed by atoms with van der Waals surface area (Å²) in [5.74, 6) is 0.234. The molecule has 0 radical (unpaired) electrons. The van der Waals surface area contributed by atoms with Crippen molar-refractivity contribution in [2.45, 2.75) is 25.3 Å². The second-order valence-electron chi connectivity index (χ2n) is 4.03. The molecule has 1 heterocycles. The summed E-state index contributed by atoms with van der Waals surface area (Å²) in [6.07, 6.45) is 4.82. The molecule has 14 heavy (non-hydrogen) atoms. The average Bonchev–Trinajstić information content (AvgIpc) is 2.13. The molecule has 1 saturated carbocycles. The first-order valence-electron chi connectivity index (χ1n) is 4.86. The van der Waals surface area contributed by atoms with Crippen molar-refractivity contribution < 1.29 is 8.42 Å². The second-order valence-corrected chi connectivity index (χ2v) is 5.91. The van der Waals surface area contributed by atoms with Crippen molar-refractivity contribution in [2.24, 2.45) is 5.92 Å². The van der Waals surface area contributed by atoms with E-state index in [1.54, 1.807) is 13.1 Å². The Hall–Kier alpha value is -0.610. The molecular weight excluding hydrogens is 198 g/mol. The zero-order chi connectivity index (χ0) is 10.3. The fraction of sp³-hybridized carbons (Fsp3) is 0.600. The number of hydrogen-bond acceptors (Lipinski definition) is 2. The molecule has 78 valence electrons. The lowest BCUT2D eigenvalue weighted by atomic mass is 9.81. The number of sulfonamides is 1. The molecule has 2 aliphatic rings. The Morgan fingerprint density at radius 3 is 3.00 bits per heavy atom. The molecular formula is C10H15NO2S. The van der Waals surface area contributed by atoms with Crippen molar-refractivity contribution in [1.82, 2.24) is 4.31 Å². The summed E-state index contributed by atoms with van der Waals surface area (Å²) in [5, 5.41) is 1.31. The molecule has 0 spiro atoms. The molecule has 2 atom stereocenters. The van der Waals surface area contributed by atoms with Gasteiger partial charge in [-0.2, -0.15) is 4.31 Å². The van der Waals surface area contributed by atoms with Crippen LogP contribution in [0.15, 0.2) is 23.6 Å². The zero-order valence-corrected chi connectivity index (χ0v) is 9.13. The molecule has 0 bridgehead atoms. The lowest BCUT2D eigenvalue weighted by molar-refractivity contribution is 0.273. The van der Waals surface area contributed by atoms with Gasteiger partial charge in [0.2, 0.25) is 10.0 Å². The summed E-state index contributed by atoms with van der Waals surface area (Å²) in [5.41, 5.74) is 1.17. The molecule has 2 rings (SSSR count). The minimum atomic E-state index is -3.14.